The zero-order valence-electron chi connectivity index (χ0n) is 13.2. The summed E-state index contributed by atoms with van der Waals surface area (Å²) in [7, 11) is 2.19. The second kappa shape index (κ2) is 5.33. The van der Waals surface area contributed by atoms with Gasteiger partial charge < -0.3 is 10.6 Å². The van der Waals surface area contributed by atoms with Gasteiger partial charge in [0.25, 0.3) is 0 Å². The Kier molecular flexibility index (Phi) is 3.65. The fourth-order valence-electron chi connectivity index (χ4n) is 3.63. The molecule has 3 rings (SSSR count). The van der Waals surface area contributed by atoms with E-state index in [1.54, 1.807) is 4.68 Å². The summed E-state index contributed by atoms with van der Waals surface area (Å²) < 4.78 is 1.74. The van der Waals surface area contributed by atoms with Gasteiger partial charge in [0.05, 0.1) is 17.1 Å². The van der Waals surface area contributed by atoms with E-state index in [1.165, 1.54) is 12.8 Å². The summed E-state index contributed by atoms with van der Waals surface area (Å²) in [5, 5.41) is 4.36. The van der Waals surface area contributed by atoms with Crippen molar-refractivity contribution in [3.05, 3.63) is 11.4 Å². The van der Waals surface area contributed by atoms with Gasteiger partial charge in [-0.25, -0.2) is 0 Å². The van der Waals surface area contributed by atoms with E-state index >= 15 is 0 Å². The van der Waals surface area contributed by atoms with Gasteiger partial charge in [-0.15, -0.1) is 0 Å². The Balaban J connectivity index is 1.69. The third kappa shape index (κ3) is 2.52. The maximum absolute atomic E-state index is 12.6. The quantitative estimate of drug-likeness (QED) is 0.874. The number of nitrogen functional groups attached to an aromatic ring is 1. The third-order valence-electron chi connectivity index (χ3n) is 5.22. The number of likely N-dealkylation sites (tertiary alicyclic amines) is 1. The molecule has 2 bridgehead atoms. The molecule has 0 radical (unpaired) electrons. The topological polar surface area (TPSA) is 67.4 Å². The van der Waals surface area contributed by atoms with Crippen molar-refractivity contribution in [2.75, 3.05) is 25.9 Å². The number of nitrogens with two attached hydrogens (primary N) is 1. The number of carbonyl (C=O) groups is 1. The van der Waals surface area contributed by atoms with Crippen LogP contribution in [0.4, 0.5) is 5.69 Å². The number of fused-ring (bicyclic) bond motifs is 2. The highest BCUT2D eigenvalue weighted by Gasteiger charge is 2.36. The molecule has 116 valence electrons. The molecule has 21 heavy (non-hydrogen) atoms. The standard InChI is InChI=1S/C15H25N5O/c1-10-15(16)11(2)20(17-10)9-14(21)19-7-6-12-4-5-13(8-19)18(12)3/h12-13H,4-9,16H2,1-3H3. The summed E-state index contributed by atoms with van der Waals surface area (Å²) in [6, 6.07) is 1.17. The average Bonchev–Trinajstić information content (AvgIpc) is 2.81. The van der Waals surface area contributed by atoms with Gasteiger partial charge in [0.15, 0.2) is 0 Å². The molecule has 0 saturated carbocycles. The number of likely N-dealkylation sites (N-methyl/N-ethyl adjacent to an activating group) is 1. The van der Waals surface area contributed by atoms with Gasteiger partial charge >= 0.3 is 0 Å². The van der Waals surface area contributed by atoms with Crippen molar-refractivity contribution in [1.82, 2.24) is 19.6 Å². The second-order valence-corrected chi connectivity index (χ2v) is 6.42. The Morgan fingerprint density at radius 3 is 2.67 bits per heavy atom. The molecule has 6 heteroatoms. The van der Waals surface area contributed by atoms with E-state index in [2.05, 4.69) is 17.0 Å². The van der Waals surface area contributed by atoms with Crippen LogP contribution in [0.1, 0.15) is 30.7 Å². The predicted octanol–water partition coefficient (Wildman–Crippen LogP) is 0.777. The summed E-state index contributed by atoms with van der Waals surface area (Å²) in [5.41, 5.74) is 8.31. The van der Waals surface area contributed by atoms with E-state index in [9.17, 15) is 4.79 Å². The van der Waals surface area contributed by atoms with Crippen molar-refractivity contribution in [3.63, 3.8) is 0 Å². The molecule has 2 fully saturated rings. The molecule has 0 spiro atoms. The molecule has 2 unspecified atom stereocenters. The number of hydrogen-bond donors (Lipinski definition) is 1. The van der Waals surface area contributed by atoms with Crippen LogP contribution >= 0.6 is 0 Å². The number of aryl methyl sites for hydroxylation is 1. The lowest BCUT2D eigenvalue weighted by Crippen LogP contribution is -2.41. The highest BCUT2D eigenvalue weighted by Crippen LogP contribution is 2.28. The number of rotatable bonds is 2. The molecule has 2 saturated heterocycles. The molecule has 2 aliphatic heterocycles. The number of aromatic nitrogens is 2. The van der Waals surface area contributed by atoms with Crippen LogP contribution in [0.3, 0.4) is 0 Å². The predicted molar refractivity (Wildman–Crippen MR) is 81.9 cm³/mol. The number of anilines is 1. The van der Waals surface area contributed by atoms with Gasteiger partial charge in [-0.05, 0) is 40.2 Å². The number of hydrogen-bond acceptors (Lipinski definition) is 4. The molecule has 6 nitrogen and oxygen atoms in total. The van der Waals surface area contributed by atoms with E-state index in [0.717, 1.165) is 30.9 Å². The third-order valence-corrected chi connectivity index (χ3v) is 5.22. The van der Waals surface area contributed by atoms with Crippen molar-refractivity contribution in [2.24, 2.45) is 0 Å². The van der Waals surface area contributed by atoms with E-state index in [0.29, 0.717) is 24.3 Å². The lowest BCUT2D eigenvalue weighted by molar-refractivity contribution is -0.132. The van der Waals surface area contributed by atoms with Gasteiger partial charge in [0.2, 0.25) is 5.91 Å². The number of carbonyl (C=O) groups excluding carboxylic acids is 1. The normalized spacial score (nSPS) is 26.1. The van der Waals surface area contributed by atoms with Crippen molar-refractivity contribution < 1.29 is 4.79 Å². The molecular weight excluding hydrogens is 266 g/mol. The van der Waals surface area contributed by atoms with E-state index in [4.69, 9.17) is 5.73 Å². The van der Waals surface area contributed by atoms with Crippen LogP contribution in [0.25, 0.3) is 0 Å². The maximum Gasteiger partial charge on any atom is 0.244 e. The van der Waals surface area contributed by atoms with Gasteiger partial charge in [0.1, 0.15) is 6.54 Å². The first kappa shape index (κ1) is 14.4. The molecule has 1 aromatic rings. The SMILES string of the molecule is Cc1nn(CC(=O)N2CCC3CCC(C2)N3C)c(C)c1N. The molecule has 2 atom stereocenters. The van der Waals surface area contributed by atoms with Gasteiger partial charge in [-0.1, -0.05) is 0 Å². The van der Waals surface area contributed by atoms with Crippen LogP contribution in [0.2, 0.25) is 0 Å². The van der Waals surface area contributed by atoms with Gasteiger partial charge in [-0.3, -0.25) is 14.4 Å². The maximum atomic E-state index is 12.6. The minimum absolute atomic E-state index is 0.154. The fraction of sp³-hybridized carbons (Fsp3) is 0.733. The summed E-state index contributed by atoms with van der Waals surface area (Å²) in [5.74, 6) is 0.154. The highest BCUT2D eigenvalue weighted by molar-refractivity contribution is 5.76. The second-order valence-electron chi connectivity index (χ2n) is 6.42. The lowest BCUT2D eigenvalue weighted by Gasteiger charge is -2.26. The van der Waals surface area contributed by atoms with Crippen LogP contribution in [-0.4, -0.2) is 57.7 Å². The summed E-state index contributed by atoms with van der Waals surface area (Å²) in [6.45, 7) is 5.80. The first-order valence-electron chi connectivity index (χ1n) is 7.76. The number of nitrogens with zero attached hydrogens (tertiary/aromatic N) is 4. The van der Waals surface area contributed by atoms with E-state index < -0.39 is 0 Å². The molecule has 1 amide bonds. The first-order chi connectivity index (χ1) is 9.97. The van der Waals surface area contributed by atoms with Crippen molar-refractivity contribution in [3.8, 4) is 0 Å². The van der Waals surface area contributed by atoms with Crippen molar-refractivity contribution in [2.45, 2.75) is 51.7 Å². The summed E-state index contributed by atoms with van der Waals surface area (Å²) in [4.78, 5) is 17.0. The van der Waals surface area contributed by atoms with Crippen molar-refractivity contribution in [1.29, 1.82) is 0 Å². The zero-order valence-corrected chi connectivity index (χ0v) is 13.2. The Morgan fingerprint density at radius 1 is 1.29 bits per heavy atom. The lowest BCUT2D eigenvalue weighted by atomic mass is 10.1. The van der Waals surface area contributed by atoms with E-state index in [1.807, 2.05) is 18.7 Å². The monoisotopic (exact) mass is 291 g/mol. The zero-order chi connectivity index (χ0) is 15.1. The Morgan fingerprint density at radius 2 is 2.00 bits per heavy atom. The smallest absolute Gasteiger partial charge is 0.244 e. The van der Waals surface area contributed by atoms with Gasteiger partial charge in [-0.2, -0.15) is 5.10 Å². The molecule has 2 aliphatic rings. The van der Waals surface area contributed by atoms with Crippen LogP contribution in [0.15, 0.2) is 0 Å². The summed E-state index contributed by atoms with van der Waals surface area (Å²) in [6.07, 6.45) is 3.56. The summed E-state index contributed by atoms with van der Waals surface area (Å²) >= 11 is 0. The highest BCUT2D eigenvalue weighted by atomic mass is 16.2. The molecule has 2 N–H and O–H groups in total. The minimum atomic E-state index is 0.154. The molecule has 0 aliphatic carbocycles. The largest absolute Gasteiger partial charge is 0.396 e. The molecule has 0 aromatic carbocycles. The molecule has 3 heterocycles. The Hall–Kier alpha value is -1.56. The first-order valence-corrected chi connectivity index (χ1v) is 7.76. The molecule has 1 aromatic heterocycles. The number of amides is 1. The van der Waals surface area contributed by atoms with Gasteiger partial charge in [0, 0.05) is 25.2 Å². The Labute approximate surface area is 125 Å². The average molecular weight is 291 g/mol. The minimum Gasteiger partial charge on any atom is -0.396 e. The fourth-order valence-corrected chi connectivity index (χ4v) is 3.63. The Bertz CT molecular complexity index is 553. The van der Waals surface area contributed by atoms with E-state index in [-0.39, 0.29) is 5.91 Å². The van der Waals surface area contributed by atoms with Crippen LogP contribution in [0.5, 0.6) is 0 Å². The van der Waals surface area contributed by atoms with Crippen LogP contribution < -0.4 is 5.73 Å². The van der Waals surface area contributed by atoms with Crippen molar-refractivity contribution >= 4 is 11.6 Å². The van der Waals surface area contributed by atoms with Crippen LogP contribution in [-0.2, 0) is 11.3 Å². The molecular formula is C15H25N5O. The van der Waals surface area contributed by atoms with Crippen LogP contribution in [0, 0.1) is 13.8 Å².